The summed E-state index contributed by atoms with van der Waals surface area (Å²) in [7, 11) is 0. The molecule has 0 spiro atoms. The molecule has 2 rings (SSSR count). The van der Waals surface area contributed by atoms with E-state index in [2.05, 4.69) is 48.2 Å². The third kappa shape index (κ3) is 4.43. The molecule has 124 valence electrons. The lowest BCUT2D eigenvalue weighted by atomic mass is 10.1. The number of guanidine groups is 1. The molecule has 1 aliphatic rings. The van der Waals surface area contributed by atoms with Gasteiger partial charge in [0.1, 0.15) is 0 Å². The summed E-state index contributed by atoms with van der Waals surface area (Å²) in [4.78, 5) is 12.8. The summed E-state index contributed by atoms with van der Waals surface area (Å²) in [6.45, 7) is 14.8. The Morgan fingerprint density at radius 1 is 1.50 bits per heavy atom. The molecule has 1 fully saturated rings. The van der Waals surface area contributed by atoms with Crippen LogP contribution in [0.15, 0.2) is 10.5 Å². The predicted molar refractivity (Wildman–Crippen MR) is 94.5 cm³/mol. The number of rotatable bonds is 5. The Balaban J connectivity index is 1.98. The average Bonchev–Trinajstić information content (AvgIpc) is 3.03. The number of nitrogens with zero attached hydrogens (tertiary/aromatic N) is 3. The highest BCUT2D eigenvalue weighted by molar-refractivity contribution is 7.09. The second kappa shape index (κ2) is 7.92. The summed E-state index contributed by atoms with van der Waals surface area (Å²) in [5, 5.41) is 6.98. The van der Waals surface area contributed by atoms with Gasteiger partial charge in [-0.05, 0) is 33.6 Å². The Bertz CT molecular complexity index is 496. The molecule has 2 N–H and O–H groups in total. The number of aryl methyl sites for hydroxylation is 1. The average molecular weight is 324 g/mol. The second-order valence-electron chi connectivity index (χ2n) is 6.33. The molecule has 0 bridgehead atoms. The predicted octanol–water partition coefficient (Wildman–Crippen LogP) is 2.24. The van der Waals surface area contributed by atoms with Crippen LogP contribution in [0, 0.1) is 12.8 Å². The molecule has 1 saturated heterocycles. The maximum absolute atomic E-state index is 4.73. The van der Waals surface area contributed by atoms with Gasteiger partial charge in [0.05, 0.1) is 17.7 Å². The number of likely N-dealkylation sites (tertiary alicyclic amines) is 1. The van der Waals surface area contributed by atoms with Gasteiger partial charge in [0, 0.05) is 36.6 Å². The number of aliphatic imine (C=N–C) groups is 1. The Hall–Kier alpha value is -1.14. The van der Waals surface area contributed by atoms with E-state index >= 15 is 0 Å². The minimum atomic E-state index is 0.461. The summed E-state index contributed by atoms with van der Waals surface area (Å²) in [6, 6.07) is 1.07. The van der Waals surface area contributed by atoms with Crippen LogP contribution < -0.4 is 10.6 Å². The van der Waals surface area contributed by atoms with E-state index in [1.165, 1.54) is 4.88 Å². The minimum absolute atomic E-state index is 0.461. The van der Waals surface area contributed by atoms with E-state index in [0.29, 0.717) is 24.5 Å². The van der Waals surface area contributed by atoms with Crippen molar-refractivity contribution in [3.05, 3.63) is 16.1 Å². The standard InChI is InChI=1S/C16H29N5S/c1-6-17-16(18-7-15-13(5)19-10-22-15)20-14-9-21(11(2)3)8-12(14)4/h10-12,14H,6-9H2,1-5H3,(H2,17,18,20). The lowest BCUT2D eigenvalue weighted by molar-refractivity contribution is 0.265. The SMILES string of the molecule is CCNC(=NCc1scnc1C)NC1CN(C(C)C)CC1C. The molecule has 0 aromatic carbocycles. The zero-order valence-corrected chi connectivity index (χ0v) is 15.2. The smallest absolute Gasteiger partial charge is 0.191 e. The number of hydrogen-bond donors (Lipinski definition) is 2. The van der Waals surface area contributed by atoms with Crippen LogP contribution >= 0.6 is 11.3 Å². The molecule has 0 aliphatic carbocycles. The van der Waals surface area contributed by atoms with Crippen LogP contribution in [-0.2, 0) is 6.54 Å². The topological polar surface area (TPSA) is 52.6 Å². The van der Waals surface area contributed by atoms with Crippen molar-refractivity contribution in [2.24, 2.45) is 10.9 Å². The molecule has 0 amide bonds. The first-order valence-corrected chi connectivity index (χ1v) is 9.07. The molecule has 2 heterocycles. The van der Waals surface area contributed by atoms with Gasteiger partial charge in [0.25, 0.3) is 0 Å². The van der Waals surface area contributed by atoms with Crippen molar-refractivity contribution < 1.29 is 0 Å². The van der Waals surface area contributed by atoms with E-state index < -0.39 is 0 Å². The Morgan fingerprint density at radius 3 is 2.82 bits per heavy atom. The lowest BCUT2D eigenvalue weighted by Crippen LogP contribution is -2.46. The number of nitrogens with one attached hydrogen (secondary N) is 2. The zero-order valence-electron chi connectivity index (χ0n) is 14.4. The molecule has 1 aromatic rings. The van der Waals surface area contributed by atoms with Crippen molar-refractivity contribution in [3.63, 3.8) is 0 Å². The number of aromatic nitrogens is 1. The van der Waals surface area contributed by atoms with Crippen molar-refractivity contribution in [2.75, 3.05) is 19.6 Å². The van der Waals surface area contributed by atoms with E-state index in [4.69, 9.17) is 4.99 Å². The van der Waals surface area contributed by atoms with Gasteiger partial charge >= 0.3 is 0 Å². The van der Waals surface area contributed by atoms with Crippen LogP contribution in [0.5, 0.6) is 0 Å². The van der Waals surface area contributed by atoms with Gasteiger partial charge in [0.2, 0.25) is 0 Å². The summed E-state index contributed by atoms with van der Waals surface area (Å²) in [5.74, 6) is 1.55. The largest absolute Gasteiger partial charge is 0.357 e. The first-order chi connectivity index (χ1) is 10.5. The summed E-state index contributed by atoms with van der Waals surface area (Å²) < 4.78 is 0. The molecule has 6 heteroatoms. The maximum Gasteiger partial charge on any atom is 0.191 e. The van der Waals surface area contributed by atoms with Crippen LogP contribution in [0.3, 0.4) is 0 Å². The number of thiazole rings is 1. The van der Waals surface area contributed by atoms with Gasteiger partial charge in [-0.3, -0.25) is 4.90 Å². The molecule has 0 saturated carbocycles. The van der Waals surface area contributed by atoms with Gasteiger partial charge in [-0.1, -0.05) is 6.92 Å². The van der Waals surface area contributed by atoms with Gasteiger partial charge in [-0.25, -0.2) is 9.98 Å². The molecule has 1 aliphatic heterocycles. The first-order valence-electron chi connectivity index (χ1n) is 8.19. The Kier molecular flexibility index (Phi) is 6.20. The maximum atomic E-state index is 4.73. The van der Waals surface area contributed by atoms with Crippen LogP contribution in [0.4, 0.5) is 0 Å². The van der Waals surface area contributed by atoms with Crippen molar-refractivity contribution in [2.45, 2.75) is 53.2 Å². The molecule has 22 heavy (non-hydrogen) atoms. The summed E-state index contributed by atoms with van der Waals surface area (Å²) in [5.41, 5.74) is 2.98. The van der Waals surface area contributed by atoms with Gasteiger partial charge < -0.3 is 10.6 Å². The fraction of sp³-hybridized carbons (Fsp3) is 0.750. The van der Waals surface area contributed by atoms with E-state index in [1.54, 1.807) is 11.3 Å². The molecule has 2 unspecified atom stereocenters. The third-order valence-electron chi connectivity index (χ3n) is 4.26. The number of hydrogen-bond acceptors (Lipinski definition) is 4. The molecular formula is C16H29N5S. The zero-order chi connectivity index (χ0) is 16.1. The van der Waals surface area contributed by atoms with Crippen LogP contribution in [0.2, 0.25) is 0 Å². The second-order valence-corrected chi connectivity index (χ2v) is 7.27. The van der Waals surface area contributed by atoms with Crippen molar-refractivity contribution in [1.29, 1.82) is 0 Å². The lowest BCUT2D eigenvalue weighted by Gasteiger charge is -2.21. The molecule has 2 atom stereocenters. The normalized spacial score (nSPS) is 23.3. The van der Waals surface area contributed by atoms with Gasteiger partial charge in [-0.2, -0.15) is 0 Å². The van der Waals surface area contributed by atoms with E-state index in [0.717, 1.165) is 31.3 Å². The van der Waals surface area contributed by atoms with E-state index in [1.807, 2.05) is 12.4 Å². The molecule has 5 nitrogen and oxygen atoms in total. The van der Waals surface area contributed by atoms with Gasteiger partial charge in [-0.15, -0.1) is 11.3 Å². The van der Waals surface area contributed by atoms with Crippen LogP contribution in [0.25, 0.3) is 0 Å². The van der Waals surface area contributed by atoms with E-state index in [9.17, 15) is 0 Å². The van der Waals surface area contributed by atoms with Crippen LogP contribution in [0.1, 0.15) is 38.3 Å². The third-order valence-corrected chi connectivity index (χ3v) is 5.18. The fourth-order valence-electron chi connectivity index (χ4n) is 2.74. The van der Waals surface area contributed by atoms with Crippen molar-refractivity contribution in [1.82, 2.24) is 20.5 Å². The highest BCUT2D eigenvalue weighted by Gasteiger charge is 2.31. The van der Waals surface area contributed by atoms with Gasteiger partial charge in [0.15, 0.2) is 5.96 Å². The highest BCUT2D eigenvalue weighted by Crippen LogP contribution is 2.19. The Morgan fingerprint density at radius 2 is 2.27 bits per heavy atom. The quantitative estimate of drug-likeness (QED) is 0.644. The minimum Gasteiger partial charge on any atom is -0.357 e. The van der Waals surface area contributed by atoms with Crippen LogP contribution in [-0.4, -0.2) is 47.6 Å². The van der Waals surface area contributed by atoms with E-state index in [-0.39, 0.29) is 0 Å². The molecule has 1 aromatic heterocycles. The Labute approximate surface area is 138 Å². The van der Waals surface area contributed by atoms with Crippen molar-refractivity contribution >= 4 is 17.3 Å². The molecular weight excluding hydrogens is 294 g/mol. The highest BCUT2D eigenvalue weighted by atomic mass is 32.1. The first kappa shape index (κ1) is 17.2. The monoisotopic (exact) mass is 323 g/mol. The van der Waals surface area contributed by atoms with Crippen molar-refractivity contribution in [3.8, 4) is 0 Å². The molecule has 0 radical (unpaired) electrons. The summed E-state index contributed by atoms with van der Waals surface area (Å²) in [6.07, 6.45) is 0. The fourth-order valence-corrected chi connectivity index (χ4v) is 3.44. The summed E-state index contributed by atoms with van der Waals surface area (Å²) >= 11 is 1.68.